The summed E-state index contributed by atoms with van der Waals surface area (Å²) < 4.78 is 12.8. The number of benzene rings is 1. The molecule has 21 heavy (non-hydrogen) atoms. The van der Waals surface area contributed by atoms with E-state index in [0.717, 1.165) is 32.1 Å². The Labute approximate surface area is 140 Å². The van der Waals surface area contributed by atoms with Gasteiger partial charge in [0.05, 0.1) is 19.9 Å². The van der Waals surface area contributed by atoms with Gasteiger partial charge in [0, 0.05) is 16.2 Å². The van der Waals surface area contributed by atoms with Crippen LogP contribution in [-0.4, -0.2) is 19.2 Å². The number of ether oxygens (including phenoxy) is 2. The predicted molar refractivity (Wildman–Crippen MR) is 95.2 cm³/mol. The fourth-order valence-electron chi connectivity index (χ4n) is 2.07. The van der Waals surface area contributed by atoms with Crippen molar-refractivity contribution in [1.29, 1.82) is 0 Å². The predicted octanol–water partition coefficient (Wildman–Crippen LogP) is 4.66. The van der Waals surface area contributed by atoms with Gasteiger partial charge in [-0.2, -0.15) is 0 Å². The minimum absolute atomic E-state index is 0.750. The fourth-order valence-corrected chi connectivity index (χ4v) is 3.66. The first-order valence-corrected chi connectivity index (χ1v) is 8.20. The molecule has 0 saturated heterocycles. The first kappa shape index (κ1) is 14.4. The maximum atomic E-state index is 5.40. The van der Waals surface area contributed by atoms with Gasteiger partial charge in [-0.1, -0.05) is 0 Å². The molecule has 2 heterocycles. The van der Waals surface area contributed by atoms with Crippen LogP contribution >= 0.6 is 33.9 Å². The smallest absolute Gasteiger partial charge is 0.142 e. The third kappa shape index (κ3) is 2.91. The van der Waals surface area contributed by atoms with Gasteiger partial charge in [0.25, 0.3) is 0 Å². The Morgan fingerprint density at radius 2 is 2.00 bits per heavy atom. The lowest BCUT2D eigenvalue weighted by molar-refractivity contribution is 0.405. The van der Waals surface area contributed by atoms with Gasteiger partial charge in [-0.15, -0.1) is 11.3 Å². The van der Waals surface area contributed by atoms with Gasteiger partial charge in [-0.25, -0.2) is 4.98 Å². The van der Waals surface area contributed by atoms with Gasteiger partial charge >= 0.3 is 0 Å². The molecule has 0 atom stereocenters. The number of thiophene rings is 1. The molecule has 6 heteroatoms. The van der Waals surface area contributed by atoms with Crippen LogP contribution < -0.4 is 14.8 Å². The summed E-state index contributed by atoms with van der Waals surface area (Å²) in [6, 6.07) is 9.79. The van der Waals surface area contributed by atoms with Crippen molar-refractivity contribution in [3.05, 3.63) is 39.4 Å². The molecule has 0 saturated carbocycles. The molecular formula is C15H13IN2O2S. The molecule has 0 bridgehead atoms. The number of pyridine rings is 1. The van der Waals surface area contributed by atoms with E-state index in [2.05, 4.69) is 50.4 Å². The molecule has 3 rings (SSSR count). The molecule has 0 spiro atoms. The lowest BCUT2D eigenvalue weighted by Gasteiger charge is -2.13. The molecule has 0 aliphatic heterocycles. The summed E-state index contributed by atoms with van der Waals surface area (Å²) in [6.45, 7) is 0. The fraction of sp³-hybridized carbons (Fsp3) is 0.133. The van der Waals surface area contributed by atoms with Crippen molar-refractivity contribution in [1.82, 2.24) is 4.98 Å². The average molecular weight is 412 g/mol. The Kier molecular flexibility index (Phi) is 4.16. The highest BCUT2D eigenvalue weighted by Crippen LogP contribution is 2.35. The molecule has 0 radical (unpaired) electrons. The van der Waals surface area contributed by atoms with Crippen LogP contribution in [0.1, 0.15) is 0 Å². The quantitative estimate of drug-likeness (QED) is 0.500. The summed E-state index contributed by atoms with van der Waals surface area (Å²) in [4.78, 5) is 4.59. The standard InChI is InChI=1S/C15H13IN2O2S/c1-19-9-3-4-12(20-2)11(7-9)17-15-10-5-6-21-13(10)8-14(16)18-15/h3-8H,1-2H3,(H,17,18). The highest BCUT2D eigenvalue weighted by atomic mass is 127. The van der Waals surface area contributed by atoms with Crippen LogP contribution in [0.15, 0.2) is 35.7 Å². The van der Waals surface area contributed by atoms with Crippen LogP contribution in [0.25, 0.3) is 10.1 Å². The Morgan fingerprint density at radius 3 is 2.76 bits per heavy atom. The molecule has 0 aliphatic rings. The van der Waals surface area contributed by atoms with Crippen LogP contribution in [0.5, 0.6) is 11.5 Å². The summed E-state index contributed by atoms with van der Waals surface area (Å²) >= 11 is 3.93. The Balaban J connectivity index is 2.07. The van der Waals surface area contributed by atoms with E-state index in [0.29, 0.717) is 0 Å². The number of hydrogen-bond acceptors (Lipinski definition) is 5. The number of anilines is 2. The highest BCUT2D eigenvalue weighted by molar-refractivity contribution is 14.1. The van der Waals surface area contributed by atoms with E-state index < -0.39 is 0 Å². The van der Waals surface area contributed by atoms with Crippen LogP contribution in [0.2, 0.25) is 0 Å². The Bertz CT molecular complexity index is 788. The van der Waals surface area contributed by atoms with Crippen LogP contribution in [0.3, 0.4) is 0 Å². The van der Waals surface area contributed by atoms with Gasteiger partial charge in [0.1, 0.15) is 21.0 Å². The molecular weight excluding hydrogens is 399 g/mol. The summed E-state index contributed by atoms with van der Waals surface area (Å²) in [5.41, 5.74) is 0.832. The zero-order valence-electron chi connectivity index (χ0n) is 11.5. The molecule has 1 N–H and O–H groups in total. The van der Waals surface area contributed by atoms with Gasteiger partial charge < -0.3 is 14.8 Å². The van der Waals surface area contributed by atoms with Gasteiger partial charge in [-0.05, 0) is 52.2 Å². The second-order valence-electron chi connectivity index (χ2n) is 4.32. The zero-order valence-corrected chi connectivity index (χ0v) is 14.5. The third-order valence-electron chi connectivity index (χ3n) is 3.08. The molecule has 108 valence electrons. The number of methoxy groups -OCH3 is 2. The first-order chi connectivity index (χ1) is 10.2. The minimum Gasteiger partial charge on any atom is -0.497 e. The van der Waals surface area contributed by atoms with E-state index in [1.165, 1.54) is 4.70 Å². The van der Waals surface area contributed by atoms with Crippen LogP contribution in [-0.2, 0) is 0 Å². The summed E-state index contributed by atoms with van der Waals surface area (Å²) in [5.74, 6) is 2.34. The second-order valence-corrected chi connectivity index (χ2v) is 6.37. The molecule has 4 nitrogen and oxygen atoms in total. The Morgan fingerprint density at radius 1 is 1.14 bits per heavy atom. The summed E-state index contributed by atoms with van der Waals surface area (Å²) in [7, 11) is 3.29. The van der Waals surface area contributed by atoms with E-state index in [1.807, 2.05) is 18.2 Å². The second kappa shape index (κ2) is 6.07. The molecule has 2 aromatic heterocycles. The number of nitrogens with zero attached hydrogens (tertiary/aromatic N) is 1. The molecule has 0 aliphatic carbocycles. The highest BCUT2D eigenvalue weighted by Gasteiger charge is 2.10. The summed E-state index contributed by atoms with van der Waals surface area (Å²) in [6.07, 6.45) is 0. The van der Waals surface area contributed by atoms with Crippen molar-refractivity contribution in [2.45, 2.75) is 0 Å². The number of aromatic nitrogens is 1. The zero-order chi connectivity index (χ0) is 14.8. The normalized spacial score (nSPS) is 10.6. The Hall–Kier alpha value is -1.54. The van der Waals surface area contributed by atoms with Crippen molar-refractivity contribution >= 4 is 55.5 Å². The maximum Gasteiger partial charge on any atom is 0.142 e. The van der Waals surface area contributed by atoms with Crippen molar-refractivity contribution in [2.75, 3.05) is 19.5 Å². The van der Waals surface area contributed by atoms with Gasteiger partial charge in [-0.3, -0.25) is 0 Å². The van der Waals surface area contributed by atoms with E-state index in [-0.39, 0.29) is 0 Å². The van der Waals surface area contributed by atoms with Crippen LogP contribution in [0.4, 0.5) is 11.5 Å². The van der Waals surface area contributed by atoms with E-state index in [1.54, 1.807) is 25.6 Å². The first-order valence-electron chi connectivity index (χ1n) is 6.24. The molecule has 0 unspecified atom stereocenters. The maximum absolute atomic E-state index is 5.40. The number of fused-ring (bicyclic) bond motifs is 1. The SMILES string of the molecule is COc1ccc(OC)c(Nc2nc(I)cc3sccc23)c1. The van der Waals surface area contributed by atoms with Crippen molar-refractivity contribution in [3.63, 3.8) is 0 Å². The topological polar surface area (TPSA) is 43.4 Å². The number of nitrogens with one attached hydrogen (secondary N) is 1. The van der Waals surface area contributed by atoms with E-state index in [4.69, 9.17) is 9.47 Å². The molecule has 3 aromatic rings. The molecule has 0 amide bonds. The monoisotopic (exact) mass is 412 g/mol. The average Bonchev–Trinajstić information content (AvgIpc) is 2.95. The minimum atomic E-state index is 0.750. The third-order valence-corrected chi connectivity index (χ3v) is 4.50. The number of hydrogen-bond donors (Lipinski definition) is 1. The van der Waals surface area contributed by atoms with Gasteiger partial charge in [0.15, 0.2) is 0 Å². The van der Waals surface area contributed by atoms with E-state index >= 15 is 0 Å². The van der Waals surface area contributed by atoms with Crippen molar-refractivity contribution in [2.24, 2.45) is 0 Å². The number of halogens is 1. The van der Waals surface area contributed by atoms with Crippen LogP contribution in [0, 0.1) is 3.70 Å². The van der Waals surface area contributed by atoms with Crippen molar-refractivity contribution in [3.8, 4) is 11.5 Å². The van der Waals surface area contributed by atoms with Gasteiger partial charge in [0.2, 0.25) is 0 Å². The molecule has 1 aromatic carbocycles. The lowest BCUT2D eigenvalue weighted by Crippen LogP contribution is -1.98. The lowest BCUT2D eigenvalue weighted by atomic mass is 10.2. The van der Waals surface area contributed by atoms with Crippen molar-refractivity contribution < 1.29 is 9.47 Å². The number of rotatable bonds is 4. The largest absolute Gasteiger partial charge is 0.497 e. The van der Waals surface area contributed by atoms with E-state index in [9.17, 15) is 0 Å². The molecule has 0 fully saturated rings. The summed E-state index contributed by atoms with van der Waals surface area (Å²) in [5, 5.41) is 6.52.